The van der Waals surface area contributed by atoms with Gasteiger partial charge in [-0.25, -0.2) is 0 Å². The molecule has 0 fully saturated rings. The van der Waals surface area contributed by atoms with Gasteiger partial charge in [0, 0.05) is 0 Å². The fourth-order valence-corrected chi connectivity index (χ4v) is 3.34. The zero-order valence-electron chi connectivity index (χ0n) is 6.86. The van der Waals surface area contributed by atoms with Gasteiger partial charge in [0.1, 0.15) is 0 Å². The van der Waals surface area contributed by atoms with Crippen LogP contribution in [0.4, 0.5) is 5.69 Å². The summed E-state index contributed by atoms with van der Waals surface area (Å²) in [6, 6.07) is 3.06. The Balaban J connectivity index is 3.44. The Morgan fingerprint density at radius 2 is 2.00 bits per heavy atom. The molecule has 0 aromatic heterocycles. The molecule has 6 heteroatoms. The molecule has 0 aliphatic rings. The molecule has 1 aromatic rings. The van der Waals surface area contributed by atoms with E-state index in [4.69, 9.17) is 13.9 Å². The van der Waals surface area contributed by atoms with Gasteiger partial charge in [-0.15, -0.1) is 0 Å². The van der Waals surface area contributed by atoms with Gasteiger partial charge in [0.25, 0.3) is 0 Å². The van der Waals surface area contributed by atoms with Crippen LogP contribution in [0.5, 0.6) is 0 Å². The van der Waals surface area contributed by atoms with E-state index >= 15 is 0 Å². The molecule has 4 nitrogen and oxygen atoms in total. The molecule has 0 saturated heterocycles. The van der Waals surface area contributed by atoms with Crippen molar-refractivity contribution in [1.82, 2.24) is 0 Å². The topological polar surface area (TPSA) is 83.5 Å². The first-order chi connectivity index (χ1) is 5.84. The summed E-state index contributed by atoms with van der Waals surface area (Å²) < 4.78 is 29.6. The van der Waals surface area contributed by atoms with Crippen molar-refractivity contribution in [3.63, 3.8) is 0 Å². The number of halogens is 1. The summed E-state index contributed by atoms with van der Waals surface area (Å²) >= 11 is -2.87. The van der Waals surface area contributed by atoms with Gasteiger partial charge in [-0.05, 0) is 0 Å². The Morgan fingerprint density at radius 3 is 2.46 bits per heavy atom. The Hall–Kier alpha value is 0.0284. The Morgan fingerprint density at radius 1 is 1.46 bits per heavy atom. The third-order valence-electron chi connectivity index (χ3n) is 1.66. The molecule has 0 heterocycles. The van der Waals surface area contributed by atoms with Gasteiger partial charge in [0.05, 0.1) is 0 Å². The molecule has 1 rings (SSSR count). The molecule has 0 unspecified atom stereocenters. The van der Waals surface area contributed by atoms with E-state index < -0.39 is 14.2 Å². The average Bonchev–Trinajstić information content (AvgIpc) is 1.98. The molecular formula is C7H9AsINO3. The number of aryl methyl sites for hydroxylation is 1. The fourth-order valence-electron chi connectivity index (χ4n) is 0.946. The van der Waals surface area contributed by atoms with Crippen LogP contribution < -0.4 is 10.1 Å². The number of nitrogen functional groups attached to an aromatic ring is 1. The monoisotopic (exact) mass is 357 g/mol. The van der Waals surface area contributed by atoms with Gasteiger partial charge in [-0.1, -0.05) is 0 Å². The standard InChI is InChI=1S/C7H9AsINO3/c1-4-2-3-5(8(11,12)13)7(10)6(4)9/h2-3H,10H2,1H3,(H2,11,12,13). The molecule has 0 atom stereocenters. The first-order valence-electron chi connectivity index (χ1n) is 3.44. The van der Waals surface area contributed by atoms with E-state index in [-0.39, 0.29) is 10.0 Å². The van der Waals surface area contributed by atoms with E-state index in [2.05, 4.69) is 0 Å². The van der Waals surface area contributed by atoms with Crippen molar-refractivity contribution < 1.29 is 11.9 Å². The fraction of sp³-hybridized carbons (Fsp3) is 0.143. The van der Waals surface area contributed by atoms with Gasteiger partial charge >= 0.3 is 92.7 Å². The third-order valence-corrected chi connectivity index (χ3v) is 5.23. The van der Waals surface area contributed by atoms with Crippen molar-refractivity contribution in [2.45, 2.75) is 6.92 Å². The van der Waals surface area contributed by atoms with Crippen LogP contribution in [0, 0.1) is 10.5 Å². The minimum atomic E-state index is -4.84. The summed E-state index contributed by atoms with van der Waals surface area (Å²) in [5.74, 6) is 0. The second-order valence-electron chi connectivity index (χ2n) is 2.67. The Kier molecular flexibility index (Phi) is 3.12. The van der Waals surface area contributed by atoms with E-state index in [1.54, 1.807) is 6.07 Å². The van der Waals surface area contributed by atoms with Gasteiger partial charge < -0.3 is 0 Å². The molecule has 0 aliphatic carbocycles. The number of hydrogen-bond acceptors (Lipinski definition) is 2. The Bertz CT molecular complexity index is 388. The van der Waals surface area contributed by atoms with Gasteiger partial charge in [-0.3, -0.25) is 0 Å². The van der Waals surface area contributed by atoms with Crippen LogP contribution in [0.1, 0.15) is 5.56 Å². The van der Waals surface area contributed by atoms with Crippen molar-refractivity contribution in [3.8, 4) is 0 Å². The number of hydrogen-bond donors (Lipinski definition) is 3. The zero-order chi connectivity index (χ0) is 10.2. The second-order valence-corrected chi connectivity index (χ2v) is 7.05. The summed E-state index contributed by atoms with van der Waals surface area (Å²) in [6.07, 6.45) is 0. The Labute approximate surface area is 92.3 Å². The number of rotatable bonds is 1. The predicted octanol–water partition coefficient (Wildman–Crippen LogP) is -0.257. The SMILES string of the molecule is Cc1ccc([As](=O)(O)O)c(N)c1I. The van der Waals surface area contributed by atoms with Crippen LogP contribution >= 0.6 is 22.6 Å². The molecule has 13 heavy (non-hydrogen) atoms. The zero-order valence-corrected chi connectivity index (χ0v) is 10.9. The van der Waals surface area contributed by atoms with Crippen LogP contribution in [0.15, 0.2) is 12.1 Å². The molecule has 0 aliphatic heterocycles. The van der Waals surface area contributed by atoms with E-state index in [9.17, 15) is 3.74 Å². The van der Waals surface area contributed by atoms with Crippen molar-refractivity contribution in [3.05, 3.63) is 21.3 Å². The molecule has 0 bridgehead atoms. The normalized spacial score (nSPS) is 11.7. The van der Waals surface area contributed by atoms with Crippen LogP contribution in [0.2, 0.25) is 0 Å². The maximum atomic E-state index is 11.0. The number of nitrogens with two attached hydrogens (primary N) is 1. The third kappa shape index (κ3) is 2.28. The molecule has 0 amide bonds. The average molecular weight is 357 g/mol. The quantitative estimate of drug-likeness (QED) is 0.368. The molecular weight excluding hydrogens is 348 g/mol. The van der Waals surface area contributed by atoms with Crippen molar-refractivity contribution in [2.24, 2.45) is 0 Å². The molecule has 1 aromatic carbocycles. The molecule has 0 radical (unpaired) electrons. The van der Waals surface area contributed by atoms with E-state index in [1.807, 2.05) is 29.5 Å². The molecule has 4 N–H and O–H groups in total. The summed E-state index contributed by atoms with van der Waals surface area (Å²) in [5, 5.41) is 0. The maximum absolute atomic E-state index is 11.0. The molecule has 72 valence electrons. The van der Waals surface area contributed by atoms with Crippen molar-refractivity contribution in [1.29, 1.82) is 0 Å². The van der Waals surface area contributed by atoms with Crippen molar-refractivity contribution in [2.75, 3.05) is 5.73 Å². The van der Waals surface area contributed by atoms with Crippen molar-refractivity contribution >= 4 is 46.8 Å². The number of anilines is 1. The summed E-state index contributed by atoms with van der Waals surface area (Å²) in [4.78, 5) is 0. The second kappa shape index (κ2) is 3.65. The van der Waals surface area contributed by atoms with Gasteiger partial charge in [0.2, 0.25) is 0 Å². The predicted molar refractivity (Wildman–Crippen MR) is 58.8 cm³/mol. The van der Waals surface area contributed by atoms with Gasteiger partial charge in [0.15, 0.2) is 0 Å². The van der Waals surface area contributed by atoms with Crippen LogP contribution in [-0.4, -0.2) is 22.4 Å². The van der Waals surface area contributed by atoms with E-state index in [0.717, 1.165) is 5.56 Å². The van der Waals surface area contributed by atoms with Gasteiger partial charge in [-0.2, -0.15) is 0 Å². The number of benzene rings is 1. The molecule has 0 saturated carbocycles. The minimum absolute atomic E-state index is 0.0341. The van der Waals surface area contributed by atoms with E-state index in [0.29, 0.717) is 3.57 Å². The summed E-state index contributed by atoms with van der Waals surface area (Å²) in [5.41, 5.74) is 6.71. The summed E-state index contributed by atoms with van der Waals surface area (Å²) in [6.45, 7) is 1.84. The van der Waals surface area contributed by atoms with Crippen LogP contribution in [-0.2, 0) is 3.74 Å². The first kappa shape index (κ1) is 11.1. The van der Waals surface area contributed by atoms with Crippen LogP contribution in [0.3, 0.4) is 0 Å². The van der Waals surface area contributed by atoms with Crippen LogP contribution in [0.25, 0.3) is 0 Å². The summed E-state index contributed by atoms with van der Waals surface area (Å²) in [7, 11) is 0. The molecule has 0 spiro atoms. The van der Waals surface area contributed by atoms with E-state index in [1.165, 1.54) is 6.07 Å². The first-order valence-corrected chi connectivity index (χ1v) is 7.91.